The molecule has 0 bridgehead atoms. The van der Waals surface area contributed by atoms with E-state index in [9.17, 15) is 4.39 Å². The molecule has 1 heterocycles. The van der Waals surface area contributed by atoms with Crippen molar-refractivity contribution in [3.63, 3.8) is 0 Å². The van der Waals surface area contributed by atoms with E-state index < -0.39 is 0 Å². The number of hydrogen-bond donors (Lipinski definition) is 1. The molecule has 1 nitrogen and oxygen atoms in total. The number of halogens is 2. The van der Waals surface area contributed by atoms with Crippen LogP contribution in [0.25, 0.3) is 0 Å². The molecule has 2 rings (SSSR count). The average Bonchev–Trinajstić information content (AvgIpc) is 2.40. The molecule has 5 heteroatoms. The lowest BCUT2D eigenvalue weighted by atomic mass is 10.0. The van der Waals surface area contributed by atoms with Crippen LogP contribution in [0.2, 0.25) is 5.02 Å². The summed E-state index contributed by atoms with van der Waals surface area (Å²) in [5, 5.41) is 5.54. The van der Waals surface area contributed by atoms with Gasteiger partial charge in [0.05, 0.1) is 0 Å². The van der Waals surface area contributed by atoms with E-state index in [0.717, 1.165) is 17.9 Å². The maximum absolute atomic E-state index is 14.2. The van der Waals surface area contributed by atoms with Crippen LogP contribution >= 0.6 is 35.1 Å². The lowest BCUT2D eigenvalue weighted by molar-refractivity contribution is 0.509. The highest BCUT2D eigenvalue weighted by molar-refractivity contribution is 8.07. The average molecular weight is 334 g/mol. The minimum absolute atomic E-state index is 0.0460. The van der Waals surface area contributed by atoms with Crippen LogP contribution in [0.3, 0.4) is 0 Å². The van der Waals surface area contributed by atoms with E-state index in [0.29, 0.717) is 20.8 Å². The van der Waals surface area contributed by atoms with Crippen molar-refractivity contribution in [1.29, 1.82) is 0 Å². The van der Waals surface area contributed by atoms with Crippen molar-refractivity contribution >= 4 is 35.1 Å². The Bertz CT molecular complexity index is 457. The predicted octanol–water partition coefficient (Wildman–Crippen LogP) is 4.76. The first-order valence-electron chi connectivity index (χ1n) is 6.98. The van der Waals surface area contributed by atoms with Gasteiger partial charge in [0.25, 0.3) is 0 Å². The molecule has 1 N–H and O–H groups in total. The van der Waals surface area contributed by atoms with Crippen LogP contribution in [-0.4, -0.2) is 28.0 Å². The van der Waals surface area contributed by atoms with Gasteiger partial charge in [-0.15, -0.1) is 0 Å². The van der Waals surface area contributed by atoms with E-state index in [1.54, 1.807) is 6.07 Å². The number of nitrogens with one attached hydrogen (secondary N) is 1. The van der Waals surface area contributed by atoms with Gasteiger partial charge >= 0.3 is 0 Å². The van der Waals surface area contributed by atoms with Crippen LogP contribution in [0.1, 0.15) is 32.4 Å². The monoisotopic (exact) mass is 333 g/mol. The van der Waals surface area contributed by atoms with Crippen molar-refractivity contribution < 1.29 is 4.39 Å². The molecule has 0 saturated carbocycles. The van der Waals surface area contributed by atoms with Gasteiger partial charge in [-0.1, -0.05) is 38.4 Å². The Labute approximate surface area is 134 Å². The highest BCUT2D eigenvalue weighted by Gasteiger charge is 2.32. The molecule has 0 spiro atoms. The number of hydrogen-bond acceptors (Lipinski definition) is 3. The van der Waals surface area contributed by atoms with E-state index in [-0.39, 0.29) is 11.9 Å². The molecular formula is C15H21ClFNS2. The van der Waals surface area contributed by atoms with E-state index in [1.165, 1.54) is 6.07 Å². The van der Waals surface area contributed by atoms with Gasteiger partial charge in [-0.05, 0) is 18.7 Å². The lowest BCUT2D eigenvalue weighted by Gasteiger charge is -2.36. The third-order valence-corrected chi connectivity index (χ3v) is 7.40. The van der Waals surface area contributed by atoms with Crippen molar-refractivity contribution in [3.8, 4) is 0 Å². The summed E-state index contributed by atoms with van der Waals surface area (Å²) in [7, 11) is 0. The van der Waals surface area contributed by atoms with Gasteiger partial charge in [0.2, 0.25) is 0 Å². The van der Waals surface area contributed by atoms with Gasteiger partial charge in [0.1, 0.15) is 5.82 Å². The molecular weight excluding hydrogens is 313 g/mol. The van der Waals surface area contributed by atoms with Crippen molar-refractivity contribution in [3.05, 3.63) is 34.6 Å². The number of rotatable bonds is 4. The van der Waals surface area contributed by atoms with Crippen LogP contribution < -0.4 is 5.32 Å². The Morgan fingerprint density at radius 3 is 2.75 bits per heavy atom. The second kappa shape index (κ2) is 7.39. The molecule has 1 aromatic carbocycles. The summed E-state index contributed by atoms with van der Waals surface area (Å²) < 4.78 is 14.2. The Morgan fingerprint density at radius 1 is 1.40 bits per heavy atom. The number of benzene rings is 1. The van der Waals surface area contributed by atoms with Gasteiger partial charge in [-0.3, -0.25) is 0 Å². The second-order valence-corrected chi connectivity index (χ2v) is 8.59. The molecule has 112 valence electrons. The van der Waals surface area contributed by atoms with E-state index >= 15 is 0 Å². The summed E-state index contributed by atoms with van der Waals surface area (Å²) in [6, 6.07) is 5.05. The molecule has 1 aliphatic rings. The molecule has 0 aromatic heterocycles. The summed E-state index contributed by atoms with van der Waals surface area (Å²) >= 11 is 9.81. The molecule has 4 atom stereocenters. The second-order valence-electron chi connectivity index (χ2n) is 5.12. The minimum Gasteiger partial charge on any atom is -0.309 e. The minimum atomic E-state index is -0.208. The van der Waals surface area contributed by atoms with Crippen LogP contribution in [0.4, 0.5) is 4.39 Å². The summed E-state index contributed by atoms with van der Waals surface area (Å²) in [6.07, 6.45) is 0. The zero-order chi connectivity index (χ0) is 14.7. The Hall–Kier alpha value is 0.1000. The first-order chi connectivity index (χ1) is 9.52. The fourth-order valence-electron chi connectivity index (χ4n) is 2.40. The van der Waals surface area contributed by atoms with Gasteiger partial charge in [0.15, 0.2) is 0 Å². The fourth-order valence-corrected chi connectivity index (χ4v) is 5.66. The first-order valence-corrected chi connectivity index (χ1v) is 9.35. The maximum atomic E-state index is 14.2. The normalized spacial score (nSPS) is 28.4. The predicted molar refractivity (Wildman–Crippen MR) is 90.6 cm³/mol. The summed E-state index contributed by atoms with van der Waals surface area (Å²) in [6.45, 7) is 7.42. The molecule has 1 fully saturated rings. The molecule has 1 aliphatic heterocycles. The van der Waals surface area contributed by atoms with E-state index in [1.807, 2.05) is 29.6 Å². The Morgan fingerprint density at radius 2 is 2.15 bits per heavy atom. The molecule has 20 heavy (non-hydrogen) atoms. The zero-order valence-electron chi connectivity index (χ0n) is 12.0. The van der Waals surface area contributed by atoms with Crippen molar-refractivity contribution in [2.75, 3.05) is 12.3 Å². The van der Waals surface area contributed by atoms with Crippen LogP contribution in [0.15, 0.2) is 18.2 Å². The molecule has 1 aromatic rings. The zero-order valence-corrected chi connectivity index (χ0v) is 14.4. The maximum Gasteiger partial charge on any atom is 0.129 e. The van der Waals surface area contributed by atoms with Crippen molar-refractivity contribution in [1.82, 2.24) is 5.32 Å². The summed E-state index contributed by atoms with van der Waals surface area (Å²) in [4.78, 5) is 0. The van der Waals surface area contributed by atoms with Crippen LogP contribution in [0, 0.1) is 5.82 Å². The molecule has 0 amide bonds. The van der Waals surface area contributed by atoms with Gasteiger partial charge in [-0.25, -0.2) is 4.39 Å². The van der Waals surface area contributed by atoms with Gasteiger partial charge in [0, 0.05) is 38.1 Å². The van der Waals surface area contributed by atoms with Crippen molar-refractivity contribution in [2.24, 2.45) is 0 Å². The smallest absolute Gasteiger partial charge is 0.129 e. The Balaban J connectivity index is 2.22. The SMILES string of the molecule is CCNC(c1ccc(Cl)cc1F)C1CSC(C)C(C)S1. The molecule has 0 aliphatic carbocycles. The van der Waals surface area contributed by atoms with Crippen molar-refractivity contribution in [2.45, 2.75) is 42.6 Å². The molecule has 0 radical (unpaired) electrons. The van der Waals surface area contributed by atoms with E-state index in [2.05, 4.69) is 26.1 Å². The quantitative estimate of drug-likeness (QED) is 0.853. The third kappa shape index (κ3) is 3.85. The van der Waals surface area contributed by atoms with Gasteiger partial charge < -0.3 is 5.32 Å². The van der Waals surface area contributed by atoms with Crippen LogP contribution in [0.5, 0.6) is 0 Å². The third-order valence-electron chi connectivity index (χ3n) is 3.67. The molecule has 1 saturated heterocycles. The topological polar surface area (TPSA) is 12.0 Å². The van der Waals surface area contributed by atoms with E-state index in [4.69, 9.17) is 11.6 Å². The van der Waals surface area contributed by atoms with Crippen LogP contribution in [-0.2, 0) is 0 Å². The lowest BCUT2D eigenvalue weighted by Crippen LogP contribution is -2.37. The fraction of sp³-hybridized carbons (Fsp3) is 0.600. The Kier molecular flexibility index (Phi) is 6.09. The summed E-state index contributed by atoms with van der Waals surface area (Å²) in [5.41, 5.74) is 0.733. The molecule has 4 unspecified atom stereocenters. The largest absolute Gasteiger partial charge is 0.309 e. The highest BCUT2D eigenvalue weighted by atomic mass is 35.5. The van der Waals surface area contributed by atoms with Gasteiger partial charge in [-0.2, -0.15) is 23.5 Å². The standard InChI is InChI=1S/C15H21ClFNS2/c1-4-18-15(12-6-5-11(16)7-13(12)17)14-8-19-9(2)10(3)20-14/h5-7,9-10,14-15,18H,4,8H2,1-3H3. The highest BCUT2D eigenvalue weighted by Crippen LogP contribution is 2.41. The number of thioether (sulfide) groups is 2. The summed E-state index contributed by atoms with van der Waals surface area (Å²) in [5.74, 6) is 0.843. The first kappa shape index (κ1) is 16.5.